The summed E-state index contributed by atoms with van der Waals surface area (Å²) in [5.74, 6) is -0.480. The van der Waals surface area contributed by atoms with Gasteiger partial charge in [0.05, 0.1) is 5.56 Å². The predicted molar refractivity (Wildman–Crippen MR) is 138 cm³/mol. The maximum Gasteiger partial charge on any atom is 0.254 e. The quantitative estimate of drug-likeness (QED) is 0.345. The first-order valence-electron chi connectivity index (χ1n) is 12.7. The number of hydrogen-bond acceptors (Lipinski definition) is 5. The van der Waals surface area contributed by atoms with Crippen molar-refractivity contribution in [2.45, 2.75) is 57.9 Å². The van der Waals surface area contributed by atoms with Crippen LogP contribution in [0.1, 0.15) is 72.6 Å². The van der Waals surface area contributed by atoms with Crippen LogP contribution in [-0.4, -0.2) is 61.0 Å². The molecule has 0 radical (unpaired) electrons. The lowest BCUT2D eigenvalue weighted by Gasteiger charge is -2.40. The number of nitrogens with one attached hydrogen (secondary N) is 1. The molecule has 2 aromatic rings. The molecule has 0 saturated carbocycles. The van der Waals surface area contributed by atoms with Gasteiger partial charge in [0, 0.05) is 56.9 Å². The summed E-state index contributed by atoms with van der Waals surface area (Å²) in [6.07, 6.45) is 7.06. The van der Waals surface area contributed by atoms with E-state index in [1.54, 1.807) is 6.07 Å². The van der Waals surface area contributed by atoms with Gasteiger partial charge >= 0.3 is 0 Å². The van der Waals surface area contributed by atoms with Crippen LogP contribution in [0.15, 0.2) is 48.5 Å². The number of anilines is 1. The molecule has 0 spiro atoms. The summed E-state index contributed by atoms with van der Waals surface area (Å²) in [6, 6.07) is 15.7. The summed E-state index contributed by atoms with van der Waals surface area (Å²) in [5.41, 5.74) is 1.93. The van der Waals surface area contributed by atoms with Crippen molar-refractivity contribution in [3.8, 4) is 5.75 Å². The van der Waals surface area contributed by atoms with Gasteiger partial charge in [0.15, 0.2) is 5.78 Å². The highest BCUT2D eigenvalue weighted by Gasteiger charge is 2.23. The molecule has 2 aromatic carbocycles. The van der Waals surface area contributed by atoms with Crippen molar-refractivity contribution < 1.29 is 14.7 Å². The minimum absolute atomic E-state index is 0.0201. The van der Waals surface area contributed by atoms with Crippen LogP contribution >= 0.6 is 0 Å². The van der Waals surface area contributed by atoms with Crippen molar-refractivity contribution in [3.05, 3.63) is 59.7 Å². The van der Waals surface area contributed by atoms with E-state index in [1.807, 2.05) is 0 Å². The second-order valence-corrected chi connectivity index (χ2v) is 9.13. The minimum Gasteiger partial charge on any atom is -0.507 e. The number of para-hydroxylation sites is 1. The molecule has 0 aliphatic carbocycles. The SMILES string of the molecule is CCCCC(CCCCC(=O)c1ccc(O)c(C(=O)NC)c1)N1CCN(c2ccccc2)CC1. The Kier molecular flexibility index (Phi) is 9.95. The number of phenolic OH excluding ortho intramolecular Hbond substituents is 1. The fourth-order valence-corrected chi connectivity index (χ4v) is 4.77. The Morgan fingerprint density at radius 2 is 1.68 bits per heavy atom. The topological polar surface area (TPSA) is 72.9 Å². The molecule has 0 aromatic heterocycles. The van der Waals surface area contributed by atoms with E-state index in [-0.39, 0.29) is 17.1 Å². The number of phenols is 1. The molecule has 184 valence electrons. The van der Waals surface area contributed by atoms with E-state index >= 15 is 0 Å². The Morgan fingerprint density at radius 3 is 2.35 bits per heavy atom. The molecule has 1 saturated heterocycles. The average molecular weight is 466 g/mol. The number of carbonyl (C=O) groups is 2. The van der Waals surface area contributed by atoms with Crippen LogP contribution in [-0.2, 0) is 0 Å². The highest BCUT2D eigenvalue weighted by atomic mass is 16.3. The van der Waals surface area contributed by atoms with Gasteiger partial charge in [-0.2, -0.15) is 0 Å². The molecule has 1 fully saturated rings. The first-order valence-corrected chi connectivity index (χ1v) is 12.7. The van der Waals surface area contributed by atoms with E-state index in [0.717, 1.165) is 45.4 Å². The van der Waals surface area contributed by atoms with Gasteiger partial charge in [0.1, 0.15) is 5.75 Å². The number of carbonyl (C=O) groups excluding carboxylic acids is 2. The number of ketones is 1. The lowest BCUT2D eigenvalue weighted by Crippen LogP contribution is -2.50. The van der Waals surface area contributed by atoms with Crippen LogP contribution in [0.5, 0.6) is 5.75 Å². The molecule has 3 rings (SSSR count). The van der Waals surface area contributed by atoms with Crippen molar-refractivity contribution in [3.63, 3.8) is 0 Å². The smallest absolute Gasteiger partial charge is 0.254 e. The normalized spacial score (nSPS) is 15.2. The van der Waals surface area contributed by atoms with Crippen LogP contribution < -0.4 is 10.2 Å². The van der Waals surface area contributed by atoms with Crippen molar-refractivity contribution in [2.24, 2.45) is 0 Å². The summed E-state index contributed by atoms with van der Waals surface area (Å²) in [7, 11) is 1.51. The molecule has 6 nitrogen and oxygen atoms in total. The molecule has 1 atom stereocenters. The van der Waals surface area contributed by atoms with Crippen LogP contribution in [0, 0.1) is 0 Å². The third-order valence-electron chi connectivity index (χ3n) is 6.82. The summed E-state index contributed by atoms with van der Waals surface area (Å²) in [5, 5.41) is 12.4. The number of piperazine rings is 1. The van der Waals surface area contributed by atoms with Crippen LogP contribution in [0.3, 0.4) is 0 Å². The minimum atomic E-state index is -0.390. The van der Waals surface area contributed by atoms with Gasteiger partial charge in [-0.05, 0) is 49.6 Å². The van der Waals surface area contributed by atoms with E-state index in [0.29, 0.717) is 18.0 Å². The molecular formula is C28H39N3O3. The Balaban J connectivity index is 1.48. The molecule has 34 heavy (non-hydrogen) atoms. The molecule has 1 unspecified atom stereocenters. The summed E-state index contributed by atoms with van der Waals surface area (Å²) >= 11 is 0. The maximum absolute atomic E-state index is 12.7. The Morgan fingerprint density at radius 1 is 0.971 bits per heavy atom. The zero-order valence-corrected chi connectivity index (χ0v) is 20.6. The highest BCUT2D eigenvalue weighted by Crippen LogP contribution is 2.23. The number of Topliss-reactive ketones (excluding diaryl/α,β-unsaturated/α-hetero) is 1. The van der Waals surface area contributed by atoms with Gasteiger partial charge in [-0.3, -0.25) is 14.5 Å². The van der Waals surface area contributed by atoms with Gasteiger partial charge in [0.25, 0.3) is 5.91 Å². The largest absolute Gasteiger partial charge is 0.507 e. The molecule has 1 heterocycles. The van der Waals surface area contributed by atoms with Gasteiger partial charge in [0.2, 0.25) is 0 Å². The van der Waals surface area contributed by atoms with Gasteiger partial charge < -0.3 is 15.3 Å². The Labute approximate surface area is 204 Å². The molecule has 1 amide bonds. The lowest BCUT2D eigenvalue weighted by molar-refractivity contribution is 0.0960. The Hall–Kier alpha value is -2.86. The second kappa shape index (κ2) is 13.1. The van der Waals surface area contributed by atoms with Crippen LogP contribution in [0.25, 0.3) is 0 Å². The third kappa shape index (κ3) is 7.07. The Bertz CT molecular complexity index is 924. The summed E-state index contributed by atoms with van der Waals surface area (Å²) < 4.78 is 0. The third-order valence-corrected chi connectivity index (χ3v) is 6.82. The number of nitrogens with zero attached hydrogens (tertiary/aromatic N) is 2. The molecule has 0 bridgehead atoms. The second-order valence-electron chi connectivity index (χ2n) is 9.13. The van der Waals surface area contributed by atoms with Crippen LogP contribution in [0.2, 0.25) is 0 Å². The molecule has 1 aliphatic rings. The average Bonchev–Trinajstić information content (AvgIpc) is 2.88. The number of aromatic hydroxyl groups is 1. The van der Waals surface area contributed by atoms with Crippen molar-refractivity contribution in [1.29, 1.82) is 0 Å². The first kappa shape index (κ1) is 25.8. The summed E-state index contributed by atoms with van der Waals surface area (Å²) in [6.45, 7) is 6.52. The predicted octanol–water partition coefficient (Wildman–Crippen LogP) is 4.88. The fraction of sp³-hybridized carbons (Fsp3) is 0.500. The summed E-state index contributed by atoms with van der Waals surface area (Å²) in [4.78, 5) is 29.7. The van der Waals surface area contributed by atoms with E-state index in [9.17, 15) is 14.7 Å². The first-order chi connectivity index (χ1) is 16.5. The number of amides is 1. The number of hydrogen-bond donors (Lipinski definition) is 2. The standard InChI is InChI=1S/C28H39N3O3/c1-3-4-10-23(30-17-19-31(20-18-30)24-11-6-5-7-12-24)13-8-9-14-26(32)22-15-16-27(33)25(21-22)28(34)29-2/h5-7,11-12,15-16,21,23,33H,3-4,8-10,13-14,17-20H2,1-2H3,(H,29,34). The van der Waals surface area contributed by atoms with E-state index in [1.165, 1.54) is 44.1 Å². The van der Waals surface area contributed by atoms with Crippen molar-refractivity contribution in [1.82, 2.24) is 10.2 Å². The fourth-order valence-electron chi connectivity index (χ4n) is 4.77. The monoisotopic (exact) mass is 465 g/mol. The van der Waals surface area contributed by atoms with Gasteiger partial charge in [-0.25, -0.2) is 0 Å². The molecule has 6 heteroatoms. The highest BCUT2D eigenvalue weighted by molar-refractivity contribution is 6.02. The number of benzene rings is 2. The molecular weight excluding hydrogens is 426 g/mol. The number of unbranched alkanes of at least 4 members (excludes halogenated alkanes) is 2. The number of rotatable bonds is 12. The lowest BCUT2D eigenvalue weighted by atomic mass is 9.97. The molecule has 2 N–H and O–H groups in total. The maximum atomic E-state index is 12.7. The molecule has 1 aliphatic heterocycles. The van der Waals surface area contributed by atoms with E-state index < -0.39 is 5.91 Å². The van der Waals surface area contributed by atoms with Crippen molar-refractivity contribution >= 4 is 17.4 Å². The van der Waals surface area contributed by atoms with Crippen LogP contribution in [0.4, 0.5) is 5.69 Å². The zero-order valence-electron chi connectivity index (χ0n) is 20.6. The van der Waals surface area contributed by atoms with Crippen molar-refractivity contribution in [2.75, 3.05) is 38.1 Å². The van der Waals surface area contributed by atoms with Gasteiger partial charge in [-0.1, -0.05) is 44.4 Å². The zero-order chi connectivity index (χ0) is 24.3. The van der Waals surface area contributed by atoms with E-state index in [2.05, 4.69) is 52.4 Å². The van der Waals surface area contributed by atoms with Gasteiger partial charge in [-0.15, -0.1) is 0 Å². The van der Waals surface area contributed by atoms with E-state index in [4.69, 9.17) is 0 Å².